The first kappa shape index (κ1) is 12.6. The number of carboxylic acid groups (broad SMARTS) is 1. The molecule has 1 aliphatic rings. The second-order valence-electron chi connectivity index (χ2n) is 5.13. The zero-order chi connectivity index (χ0) is 12.4. The lowest BCUT2D eigenvalue weighted by Crippen LogP contribution is -2.29. The van der Waals surface area contributed by atoms with Crippen molar-refractivity contribution in [1.82, 2.24) is 4.90 Å². The first-order valence-electron chi connectivity index (χ1n) is 6.11. The third-order valence-corrected chi connectivity index (χ3v) is 3.92. The fraction of sp³-hybridized carbons (Fsp3) is 0.615. The number of rotatable bonds is 6. The van der Waals surface area contributed by atoms with Gasteiger partial charge in [-0.2, -0.15) is 0 Å². The normalized spacial score (nSPS) is 15.8. The molecule has 94 valence electrons. The molecular weight excluding hydrogens is 234 g/mol. The molecule has 1 heterocycles. The minimum atomic E-state index is -0.796. The van der Waals surface area contributed by atoms with Crippen LogP contribution in [-0.2, 0) is 6.54 Å². The second kappa shape index (κ2) is 5.19. The van der Waals surface area contributed by atoms with E-state index in [0.717, 1.165) is 18.7 Å². The molecule has 1 aromatic heterocycles. The van der Waals surface area contributed by atoms with Gasteiger partial charge >= 0.3 is 5.97 Å². The second-order valence-corrected chi connectivity index (χ2v) is 6.05. The van der Waals surface area contributed by atoms with Crippen molar-refractivity contribution < 1.29 is 9.90 Å². The van der Waals surface area contributed by atoms with Crippen LogP contribution in [0.3, 0.4) is 0 Å². The average molecular weight is 253 g/mol. The van der Waals surface area contributed by atoms with Gasteiger partial charge in [0.25, 0.3) is 0 Å². The lowest BCUT2D eigenvalue weighted by atomic mass is 10.1. The molecule has 4 heteroatoms. The molecule has 0 aliphatic heterocycles. The summed E-state index contributed by atoms with van der Waals surface area (Å²) in [4.78, 5) is 14.0. The Kier molecular flexibility index (Phi) is 3.84. The van der Waals surface area contributed by atoms with Crippen molar-refractivity contribution in [3.8, 4) is 0 Å². The van der Waals surface area contributed by atoms with Crippen molar-refractivity contribution in [2.24, 2.45) is 5.92 Å². The molecule has 0 unspecified atom stereocenters. The lowest BCUT2D eigenvalue weighted by Gasteiger charge is -2.23. The molecule has 1 N–H and O–H groups in total. The summed E-state index contributed by atoms with van der Waals surface area (Å²) in [6.07, 6.45) is 2.53. The number of aromatic carboxylic acids is 1. The summed E-state index contributed by atoms with van der Waals surface area (Å²) in [5, 5.41) is 11.0. The molecule has 1 aromatic rings. The smallest absolute Gasteiger partial charge is 0.346 e. The van der Waals surface area contributed by atoms with E-state index in [9.17, 15) is 4.79 Å². The molecule has 0 spiro atoms. The molecule has 17 heavy (non-hydrogen) atoms. The summed E-state index contributed by atoms with van der Waals surface area (Å²) < 4.78 is 0. The van der Waals surface area contributed by atoms with E-state index in [-0.39, 0.29) is 0 Å². The van der Waals surface area contributed by atoms with Crippen LogP contribution in [0.25, 0.3) is 0 Å². The quantitative estimate of drug-likeness (QED) is 0.847. The van der Waals surface area contributed by atoms with Crippen molar-refractivity contribution in [2.75, 3.05) is 6.54 Å². The van der Waals surface area contributed by atoms with E-state index in [1.54, 1.807) is 0 Å². The van der Waals surface area contributed by atoms with Crippen molar-refractivity contribution >= 4 is 17.3 Å². The number of carboxylic acids is 1. The summed E-state index contributed by atoms with van der Waals surface area (Å²) in [5.74, 6) is -0.169. The van der Waals surface area contributed by atoms with E-state index >= 15 is 0 Å². The molecule has 3 nitrogen and oxygen atoms in total. The Morgan fingerprint density at radius 3 is 2.82 bits per heavy atom. The van der Waals surface area contributed by atoms with Crippen LogP contribution in [0.2, 0.25) is 0 Å². The summed E-state index contributed by atoms with van der Waals surface area (Å²) in [7, 11) is 0. The van der Waals surface area contributed by atoms with Gasteiger partial charge in [0.1, 0.15) is 4.88 Å². The lowest BCUT2D eigenvalue weighted by molar-refractivity contribution is 0.0699. The van der Waals surface area contributed by atoms with E-state index in [0.29, 0.717) is 16.8 Å². The van der Waals surface area contributed by atoms with Gasteiger partial charge in [-0.05, 0) is 35.8 Å². The van der Waals surface area contributed by atoms with E-state index < -0.39 is 5.97 Å². The number of hydrogen-bond donors (Lipinski definition) is 1. The molecule has 1 aliphatic carbocycles. The molecular formula is C13H19NO2S. The van der Waals surface area contributed by atoms with Crippen molar-refractivity contribution in [2.45, 2.75) is 39.3 Å². The van der Waals surface area contributed by atoms with Crippen LogP contribution in [0.4, 0.5) is 0 Å². The van der Waals surface area contributed by atoms with Gasteiger partial charge in [-0.1, -0.05) is 13.8 Å². The predicted octanol–water partition coefficient (Wildman–Crippen LogP) is 3.07. The molecule has 1 fully saturated rings. The third-order valence-electron chi connectivity index (χ3n) is 2.98. The maximum absolute atomic E-state index is 11.1. The average Bonchev–Trinajstić information content (AvgIpc) is 2.97. The zero-order valence-corrected chi connectivity index (χ0v) is 11.2. The van der Waals surface area contributed by atoms with Crippen molar-refractivity contribution in [3.63, 3.8) is 0 Å². The highest BCUT2D eigenvalue weighted by atomic mass is 32.1. The fourth-order valence-electron chi connectivity index (χ4n) is 2.12. The largest absolute Gasteiger partial charge is 0.477 e. The van der Waals surface area contributed by atoms with E-state index in [2.05, 4.69) is 18.7 Å². The number of carbonyl (C=O) groups is 1. The van der Waals surface area contributed by atoms with E-state index in [4.69, 9.17) is 5.11 Å². The first-order chi connectivity index (χ1) is 8.08. The van der Waals surface area contributed by atoms with Crippen LogP contribution < -0.4 is 0 Å². The Morgan fingerprint density at radius 2 is 2.29 bits per heavy atom. The summed E-state index contributed by atoms with van der Waals surface area (Å²) in [6.45, 7) is 6.26. The zero-order valence-electron chi connectivity index (χ0n) is 10.3. The van der Waals surface area contributed by atoms with Gasteiger partial charge in [0.2, 0.25) is 0 Å². The Hall–Kier alpha value is -0.870. The summed E-state index contributed by atoms with van der Waals surface area (Å²) >= 11 is 1.32. The highest BCUT2D eigenvalue weighted by molar-refractivity contribution is 7.12. The Balaban J connectivity index is 2.06. The maximum atomic E-state index is 11.1. The van der Waals surface area contributed by atoms with Gasteiger partial charge in [0.15, 0.2) is 0 Å². The van der Waals surface area contributed by atoms with Gasteiger partial charge in [-0.15, -0.1) is 11.3 Å². The van der Waals surface area contributed by atoms with Gasteiger partial charge < -0.3 is 5.11 Å². The molecule has 0 aromatic carbocycles. The number of nitrogens with zero attached hydrogens (tertiary/aromatic N) is 1. The molecule has 0 saturated heterocycles. The minimum Gasteiger partial charge on any atom is -0.477 e. The standard InChI is InChI=1S/C13H19NO2S/c1-9(2)7-14(11-3-4-11)8-10-5-6-17-12(10)13(15)16/h5-6,9,11H,3-4,7-8H2,1-2H3,(H,15,16). The van der Waals surface area contributed by atoms with Gasteiger partial charge in [-0.25, -0.2) is 4.79 Å². The molecule has 0 bridgehead atoms. The molecule has 1 saturated carbocycles. The maximum Gasteiger partial charge on any atom is 0.346 e. The Labute approximate surface area is 106 Å². The van der Waals surface area contributed by atoms with E-state index in [1.807, 2.05) is 11.4 Å². The molecule has 0 atom stereocenters. The van der Waals surface area contributed by atoms with Crippen molar-refractivity contribution in [1.29, 1.82) is 0 Å². The van der Waals surface area contributed by atoms with Crippen LogP contribution in [0.1, 0.15) is 41.9 Å². The number of thiophene rings is 1. The summed E-state index contributed by atoms with van der Waals surface area (Å²) in [5.41, 5.74) is 0.968. The molecule has 0 radical (unpaired) electrons. The van der Waals surface area contributed by atoms with Crippen molar-refractivity contribution in [3.05, 3.63) is 21.9 Å². The van der Waals surface area contributed by atoms with Crippen LogP contribution in [0.5, 0.6) is 0 Å². The number of hydrogen-bond acceptors (Lipinski definition) is 3. The van der Waals surface area contributed by atoms with Crippen LogP contribution >= 0.6 is 11.3 Å². The third kappa shape index (κ3) is 3.30. The summed E-state index contributed by atoms with van der Waals surface area (Å²) in [6, 6.07) is 2.63. The molecule has 2 rings (SSSR count). The topological polar surface area (TPSA) is 40.5 Å². The fourth-order valence-corrected chi connectivity index (χ4v) is 2.87. The van der Waals surface area contributed by atoms with Crippen LogP contribution in [-0.4, -0.2) is 28.6 Å². The Bertz CT molecular complexity index is 396. The monoisotopic (exact) mass is 253 g/mol. The van der Waals surface area contributed by atoms with Crippen LogP contribution in [0, 0.1) is 5.92 Å². The molecule has 0 amide bonds. The SMILES string of the molecule is CC(C)CN(Cc1ccsc1C(=O)O)C1CC1. The Morgan fingerprint density at radius 1 is 1.59 bits per heavy atom. The van der Waals surface area contributed by atoms with Gasteiger partial charge in [0.05, 0.1) is 0 Å². The van der Waals surface area contributed by atoms with Crippen LogP contribution in [0.15, 0.2) is 11.4 Å². The van der Waals surface area contributed by atoms with Gasteiger partial charge in [0, 0.05) is 19.1 Å². The highest BCUT2D eigenvalue weighted by Crippen LogP contribution is 2.30. The minimum absolute atomic E-state index is 0.499. The highest BCUT2D eigenvalue weighted by Gasteiger charge is 2.30. The predicted molar refractivity (Wildman–Crippen MR) is 69.5 cm³/mol. The van der Waals surface area contributed by atoms with E-state index in [1.165, 1.54) is 24.2 Å². The first-order valence-corrected chi connectivity index (χ1v) is 6.99. The van der Waals surface area contributed by atoms with Gasteiger partial charge in [-0.3, -0.25) is 4.90 Å².